The molecule has 2 atom stereocenters. The lowest BCUT2D eigenvalue weighted by Crippen LogP contribution is -2.45. The summed E-state index contributed by atoms with van der Waals surface area (Å²) in [7, 11) is 0. The van der Waals surface area contributed by atoms with E-state index in [4.69, 9.17) is 0 Å². The Kier molecular flexibility index (Phi) is 4.35. The van der Waals surface area contributed by atoms with Crippen LogP contribution >= 0.6 is 15.9 Å². The molecular weight excluding hydrogens is 301 g/mol. The van der Waals surface area contributed by atoms with E-state index in [-0.39, 0.29) is 11.9 Å². The Morgan fingerprint density at radius 2 is 2.11 bits per heavy atom. The normalized spacial score (nSPS) is 23.7. The number of hydrogen-bond acceptors (Lipinski definition) is 2. The van der Waals surface area contributed by atoms with Crippen molar-refractivity contribution in [2.45, 2.75) is 37.8 Å². The maximum absolute atomic E-state index is 12.9. The molecule has 0 heterocycles. The fourth-order valence-corrected chi connectivity index (χ4v) is 2.73. The Labute approximate surface area is 114 Å². The topological polar surface area (TPSA) is 49.3 Å². The molecule has 0 aliphatic heterocycles. The average Bonchev–Trinajstić information content (AvgIpc) is 2.32. The maximum Gasteiger partial charge on any atom is 0.252 e. The molecule has 98 valence electrons. The molecule has 2 unspecified atom stereocenters. The van der Waals surface area contributed by atoms with Gasteiger partial charge in [0.15, 0.2) is 0 Å². The lowest BCUT2D eigenvalue weighted by molar-refractivity contribution is 0.0716. The van der Waals surface area contributed by atoms with Crippen LogP contribution < -0.4 is 5.32 Å². The summed E-state index contributed by atoms with van der Waals surface area (Å²) in [5.41, 5.74) is 0.383. The van der Waals surface area contributed by atoms with Crippen LogP contribution in [-0.4, -0.2) is 23.2 Å². The van der Waals surface area contributed by atoms with Crippen molar-refractivity contribution in [2.24, 2.45) is 0 Å². The summed E-state index contributed by atoms with van der Waals surface area (Å²) in [6, 6.07) is 3.73. The van der Waals surface area contributed by atoms with E-state index < -0.39 is 11.9 Å². The third-order valence-corrected chi connectivity index (χ3v) is 3.88. The Morgan fingerprint density at radius 3 is 2.78 bits per heavy atom. The van der Waals surface area contributed by atoms with E-state index in [0.717, 1.165) is 25.7 Å². The molecule has 0 radical (unpaired) electrons. The van der Waals surface area contributed by atoms with E-state index in [9.17, 15) is 14.3 Å². The first-order valence-corrected chi connectivity index (χ1v) is 6.81. The van der Waals surface area contributed by atoms with Crippen molar-refractivity contribution in [2.75, 3.05) is 0 Å². The van der Waals surface area contributed by atoms with E-state index in [0.29, 0.717) is 10.0 Å². The molecular formula is C13H15BrFNO2. The summed E-state index contributed by atoms with van der Waals surface area (Å²) in [5.74, 6) is -0.677. The quantitative estimate of drug-likeness (QED) is 0.881. The Morgan fingerprint density at radius 1 is 1.39 bits per heavy atom. The second-order valence-electron chi connectivity index (χ2n) is 4.56. The standard InChI is InChI=1S/C13H15BrFNO2/c14-10-7-8(15)5-6-9(10)13(18)16-11-3-1-2-4-12(11)17/h5-7,11-12,17H,1-4H2,(H,16,18). The SMILES string of the molecule is O=C(NC1CCCCC1O)c1ccc(F)cc1Br. The molecule has 5 heteroatoms. The smallest absolute Gasteiger partial charge is 0.252 e. The summed E-state index contributed by atoms with van der Waals surface area (Å²) < 4.78 is 13.4. The maximum atomic E-state index is 12.9. The first kappa shape index (κ1) is 13.5. The molecule has 1 aromatic rings. The number of halogens is 2. The zero-order valence-electron chi connectivity index (χ0n) is 9.83. The van der Waals surface area contributed by atoms with Crippen molar-refractivity contribution in [3.8, 4) is 0 Å². The summed E-state index contributed by atoms with van der Waals surface area (Å²) >= 11 is 3.16. The largest absolute Gasteiger partial charge is 0.391 e. The zero-order chi connectivity index (χ0) is 13.1. The van der Waals surface area contributed by atoms with Gasteiger partial charge in [-0.25, -0.2) is 4.39 Å². The van der Waals surface area contributed by atoms with Crippen molar-refractivity contribution < 1.29 is 14.3 Å². The molecule has 1 aliphatic rings. The Balaban J connectivity index is 2.07. The van der Waals surface area contributed by atoms with Gasteiger partial charge in [0, 0.05) is 4.47 Å². The molecule has 1 fully saturated rings. The summed E-state index contributed by atoms with van der Waals surface area (Å²) in [4.78, 5) is 12.0. The minimum atomic E-state index is -0.484. The van der Waals surface area contributed by atoms with Crippen LogP contribution in [0.3, 0.4) is 0 Å². The van der Waals surface area contributed by atoms with Gasteiger partial charge in [0.05, 0.1) is 17.7 Å². The molecule has 0 aromatic heterocycles. The van der Waals surface area contributed by atoms with Gasteiger partial charge in [-0.2, -0.15) is 0 Å². The fourth-order valence-electron chi connectivity index (χ4n) is 2.20. The highest BCUT2D eigenvalue weighted by Crippen LogP contribution is 2.21. The highest BCUT2D eigenvalue weighted by atomic mass is 79.9. The van der Waals surface area contributed by atoms with Crippen LogP contribution in [0.25, 0.3) is 0 Å². The van der Waals surface area contributed by atoms with Crippen molar-refractivity contribution in [1.82, 2.24) is 5.32 Å². The van der Waals surface area contributed by atoms with Gasteiger partial charge >= 0.3 is 0 Å². The van der Waals surface area contributed by atoms with E-state index in [1.165, 1.54) is 18.2 Å². The number of aliphatic hydroxyl groups is 1. The molecule has 2 rings (SSSR count). The predicted octanol–water partition coefficient (Wildman–Crippen LogP) is 2.62. The van der Waals surface area contributed by atoms with Gasteiger partial charge in [-0.05, 0) is 47.0 Å². The van der Waals surface area contributed by atoms with Crippen LogP contribution in [0.5, 0.6) is 0 Å². The van der Waals surface area contributed by atoms with Gasteiger partial charge in [-0.15, -0.1) is 0 Å². The summed E-state index contributed by atoms with van der Waals surface area (Å²) in [5, 5.41) is 12.6. The molecule has 0 bridgehead atoms. The van der Waals surface area contributed by atoms with Crippen molar-refractivity contribution >= 4 is 21.8 Å². The Bertz CT molecular complexity index is 453. The number of benzene rings is 1. The van der Waals surface area contributed by atoms with Crippen LogP contribution in [0.4, 0.5) is 4.39 Å². The van der Waals surface area contributed by atoms with Crippen LogP contribution in [0, 0.1) is 5.82 Å². The first-order chi connectivity index (χ1) is 8.58. The molecule has 1 saturated carbocycles. The number of aliphatic hydroxyl groups excluding tert-OH is 1. The summed E-state index contributed by atoms with van der Waals surface area (Å²) in [6.07, 6.45) is 3.02. The first-order valence-electron chi connectivity index (χ1n) is 6.02. The van der Waals surface area contributed by atoms with Gasteiger partial charge in [-0.1, -0.05) is 12.8 Å². The summed E-state index contributed by atoms with van der Waals surface area (Å²) in [6.45, 7) is 0. The third kappa shape index (κ3) is 3.09. The lowest BCUT2D eigenvalue weighted by Gasteiger charge is -2.28. The van der Waals surface area contributed by atoms with Crippen molar-refractivity contribution in [1.29, 1.82) is 0 Å². The van der Waals surface area contributed by atoms with E-state index in [1.54, 1.807) is 0 Å². The average molecular weight is 316 g/mol. The van der Waals surface area contributed by atoms with Crippen LogP contribution in [-0.2, 0) is 0 Å². The van der Waals surface area contributed by atoms with Crippen molar-refractivity contribution in [3.63, 3.8) is 0 Å². The van der Waals surface area contributed by atoms with Crippen LogP contribution in [0.1, 0.15) is 36.0 Å². The number of nitrogens with one attached hydrogen (secondary N) is 1. The van der Waals surface area contributed by atoms with E-state index in [2.05, 4.69) is 21.2 Å². The molecule has 1 aromatic carbocycles. The number of hydrogen-bond donors (Lipinski definition) is 2. The monoisotopic (exact) mass is 315 g/mol. The third-order valence-electron chi connectivity index (χ3n) is 3.22. The van der Waals surface area contributed by atoms with Crippen LogP contribution in [0.15, 0.2) is 22.7 Å². The molecule has 3 nitrogen and oxygen atoms in total. The van der Waals surface area contributed by atoms with Gasteiger partial charge < -0.3 is 10.4 Å². The molecule has 0 saturated heterocycles. The van der Waals surface area contributed by atoms with Gasteiger partial charge in [0.25, 0.3) is 5.91 Å². The lowest BCUT2D eigenvalue weighted by atomic mass is 9.92. The van der Waals surface area contributed by atoms with Crippen molar-refractivity contribution in [3.05, 3.63) is 34.1 Å². The van der Waals surface area contributed by atoms with E-state index >= 15 is 0 Å². The number of carbonyl (C=O) groups is 1. The molecule has 2 N–H and O–H groups in total. The molecule has 1 aliphatic carbocycles. The Hall–Kier alpha value is -0.940. The van der Waals surface area contributed by atoms with Gasteiger partial charge in [0.2, 0.25) is 0 Å². The highest BCUT2D eigenvalue weighted by molar-refractivity contribution is 9.10. The fraction of sp³-hybridized carbons (Fsp3) is 0.462. The second-order valence-corrected chi connectivity index (χ2v) is 5.41. The van der Waals surface area contributed by atoms with E-state index in [1.807, 2.05) is 0 Å². The zero-order valence-corrected chi connectivity index (χ0v) is 11.4. The second kappa shape index (κ2) is 5.80. The molecule has 0 spiro atoms. The number of carbonyl (C=O) groups excluding carboxylic acids is 1. The number of amides is 1. The highest BCUT2D eigenvalue weighted by Gasteiger charge is 2.25. The van der Waals surface area contributed by atoms with Gasteiger partial charge in [-0.3, -0.25) is 4.79 Å². The predicted molar refractivity (Wildman–Crippen MR) is 69.8 cm³/mol. The minimum absolute atomic E-state index is 0.205. The molecule has 18 heavy (non-hydrogen) atoms. The van der Waals surface area contributed by atoms with Gasteiger partial charge in [0.1, 0.15) is 5.82 Å². The molecule has 1 amide bonds. The minimum Gasteiger partial charge on any atom is -0.391 e. The van der Waals surface area contributed by atoms with Crippen LogP contribution in [0.2, 0.25) is 0 Å². The number of rotatable bonds is 2.